The fraction of sp³-hybridized carbons (Fsp3) is 0.417. The monoisotopic (exact) mass is 205 g/mol. The van der Waals surface area contributed by atoms with Gasteiger partial charge in [0.25, 0.3) is 0 Å². The number of nitrogens with one attached hydrogen (secondary N) is 1. The first-order valence-electron chi connectivity index (χ1n) is 5.26. The van der Waals surface area contributed by atoms with Gasteiger partial charge in [-0.1, -0.05) is 24.3 Å². The highest BCUT2D eigenvalue weighted by Crippen LogP contribution is 2.28. The molecule has 0 aliphatic heterocycles. The third-order valence-electron chi connectivity index (χ3n) is 2.62. The Hall–Kier alpha value is -1.35. The molecule has 1 aliphatic carbocycles. The number of carbonyl (C=O) groups is 1. The largest absolute Gasteiger partial charge is 0.392 e. The Labute approximate surface area is 89.1 Å². The van der Waals surface area contributed by atoms with E-state index in [9.17, 15) is 4.79 Å². The van der Waals surface area contributed by atoms with Gasteiger partial charge in [0.15, 0.2) is 0 Å². The highest BCUT2D eigenvalue weighted by molar-refractivity contribution is 5.80. The van der Waals surface area contributed by atoms with Crippen molar-refractivity contribution in [2.75, 3.05) is 0 Å². The molecule has 3 heteroatoms. The second kappa shape index (κ2) is 4.45. The predicted octanol–water partition coefficient (Wildman–Crippen LogP) is 1.21. The van der Waals surface area contributed by atoms with E-state index < -0.39 is 0 Å². The standard InChI is InChI=1S/C12H15NO2/c14-8-10-3-1-9(2-4-10)7-13-12(15)11-5-6-11/h1-4,11,14H,5-8H2,(H,13,15). The molecular weight excluding hydrogens is 190 g/mol. The normalized spacial score (nSPS) is 15.0. The van der Waals surface area contributed by atoms with Crippen molar-refractivity contribution in [1.29, 1.82) is 0 Å². The molecule has 2 rings (SSSR count). The number of hydrogen-bond donors (Lipinski definition) is 2. The average Bonchev–Trinajstić information content (AvgIpc) is 3.10. The summed E-state index contributed by atoms with van der Waals surface area (Å²) in [4.78, 5) is 11.4. The van der Waals surface area contributed by atoms with Crippen LogP contribution in [0.15, 0.2) is 24.3 Å². The van der Waals surface area contributed by atoms with Crippen LogP contribution < -0.4 is 5.32 Å². The summed E-state index contributed by atoms with van der Waals surface area (Å²) in [5.41, 5.74) is 1.97. The van der Waals surface area contributed by atoms with Gasteiger partial charge in [-0.05, 0) is 24.0 Å². The van der Waals surface area contributed by atoms with Crippen molar-refractivity contribution in [2.24, 2.45) is 5.92 Å². The van der Waals surface area contributed by atoms with Gasteiger partial charge < -0.3 is 10.4 Å². The van der Waals surface area contributed by atoms with Gasteiger partial charge in [0, 0.05) is 12.5 Å². The lowest BCUT2D eigenvalue weighted by molar-refractivity contribution is -0.122. The molecule has 1 aromatic rings. The van der Waals surface area contributed by atoms with Gasteiger partial charge in [-0.3, -0.25) is 4.79 Å². The predicted molar refractivity (Wildman–Crippen MR) is 56.9 cm³/mol. The van der Waals surface area contributed by atoms with Crippen LogP contribution in [0.25, 0.3) is 0 Å². The second-order valence-corrected chi connectivity index (χ2v) is 3.97. The van der Waals surface area contributed by atoms with Gasteiger partial charge in [0.05, 0.1) is 6.61 Å². The second-order valence-electron chi connectivity index (χ2n) is 3.97. The molecule has 1 amide bonds. The fourth-order valence-corrected chi connectivity index (χ4v) is 1.44. The van der Waals surface area contributed by atoms with Crippen LogP contribution in [0.2, 0.25) is 0 Å². The van der Waals surface area contributed by atoms with Crippen LogP contribution >= 0.6 is 0 Å². The first-order valence-corrected chi connectivity index (χ1v) is 5.26. The van der Waals surface area contributed by atoms with Crippen LogP contribution in [0, 0.1) is 5.92 Å². The number of aliphatic hydroxyl groups is 1. The number of benzene rings is 1. The van der Waals surface area contributed by atoms with E-state index in [4.69, 9.17) is 5.11 Å². The summed E-state index contributed by atoms with van der Waals surface area (Å²) in [6.45, 7) is 0.649. The maximum atomic E-state index is 11.4. The summed E-state index contributed by atoms with van der Waals surface area (Å²) >= 11 is 0. The lowest BCUT2D eigenvalue weighted by Gasteiger charge is -2.04. The van der Waals surface area contributed by atoms with E-state index >= 15 is 0 Å². The van der Waals surface area contributed by atoms with E-state index in [1.54, 1.807) is 0 Å². The Balaban J connectivity index is 1.84. The number of rotatable bonds is 4. The number of carbonyl (C=O) groups excluding carboxylic acids is 1. The Morgan fingerprint density at radius 2 is 1.87 bits per heavy atom. The minimum absolute atomic E-state index is 0.0642. The van der Waals surface area contributed by atoms with Crippen LogP contribution in [-0.2, 0) is 17.9 Å². The first kappa shape index (κ1) is 10.2. The number of amides is 1. The third kappa shape index (κ3) is 2.80. The van der Waals surface area contributed by atoms with E-state index in [0.29, 0.717) is 6.54 Å². The summed E-state index contributed by atoms with van der Waals surface area (Å²) in [5.74, 6) is 0.433. The zero-order chi connectivity index (χ0) is 10.7. The summed E-state index contributed by atoms with van der Waals surface area (Å²) in [7, 11) is 0. The van der Waals surface area contributed by atoms with Crippen LogP contribution in [0.4, 0.5) is 0 Å². The van der Waals surface area contributed by atoms with Crippen LogP contribution in [0.5, 0.6) is 0 Å². The van der Waals surface area contributed by atoms with E-state index in [2.05, 4.69) is 5.32 Å². The van der Waals surface area contributed by atoms with Crippen molar-refractivity contribution in [2.45, 2.75) is 26.0 Å². The lowest BCUT2D eigenvalue weighted by atomic mass is 10.1. The van der Waals surface area contributed by atoms with E-state index in [-0.39, 0.29) is 18.4 Å². The molecule has 3 nitrogen and oxygen atoms in total. The van der Waals surface area contributed by atoms with Crippen molar-refractivity contribution < 1.29 is 9.90 Å². The van der Waals surface area contributed by atoms with E-state index in [1.165, 1.54) is 0 Å². The molecule has 15 heavy (non-hydrogen) atoms. The van der Waals surface area contributed by atoms with Gasteiger partial charge in [-0.25, -0.2) is 0 Å². The molecule has 0 spiro atoms. The molecule has 1 saturated carbocycles. The first-order chi connectivity index (χ1) is 7.29. The van der Waals surface area contributed by atoms with Crippen LogP contribution in [0.3, 0.4) is 0 Å². The Kier molecular flexibility index (Phi) is 3.02. The third-order valence-corrected chi connectivity index (χ3v) is 2.62. The molecule has 0 atom stereocenters. The van der Waals surface area contributed by atoms with E-state index in [0.717, 1.165) is 24.0 Å². The number of aliphatic hydroxyl groups excluding tert-OH is 1. The van der Waals surface area contributed by atoms with Gasteiger partial charge >= 0.3 is 0 Å². The summed E-state index contributed by atoms with van der Waals surface area (Å²) in [6, 6.07) is 7.61. The maximum absolute atomic E-state index is 11.4. The van der Waals surface area contributed by atoms with Crippen LogP contribution in [0.1, 0.15) is 24.0 Å². The van der Waals surface area contributed by atoms with Crippen molar-refractivity contribution in [3.63, 3.8) is 0 Å². The van der Waals surface area contributed by atoms with Crippen molar-refractivity contribution in [3.05, 3.63) is 35.4 Å². The van der Waals surface area contributed by atoms with Crippen molar-refractivity contribution >= 4 is 5.91 Å². The SMILES string of the molecule is O=C(NCc1ccc(CO)cc1)C1CC1. The summed E-state index contributed by atoms with van der Waals surface area (Å²) in [6.07, 6.45) is 2.07. The zero-order valence-corrected chi connectivity index (χ0v) is 8.57. The van der Waals surface area contributed by atoms with Crippen LogP contribution in [-0.4, -0.2) is 11.0 Å². The topological polar surface area (TPSA) is 49.3 Å². The molecule has 2 N–H and O–H groups in total. The molecule has 0 radical (unpaired) electrons. The smallest absolute Gasteiger partial charge is 0.223 e. The Morgan fingerprint density at radius 1 is 1.27 bits per heavy atom. The van der Waals surface area contributed by atoms with Gasteiger partial charge in [-0.2, -0.15) is 0 Å². The quantitative estimate of drug-likeness (QED) is 0.776. The summed E-state index contributed by atoms with van der Waals surface area (Å²) in [5, 5.41) is 11.8. The van der Waals surface area contributed by atoms with Crippen molar-refractivity contribution in [3.8, 4) is 0 Å². The van der Waals surface area contributed by atoms with Gasteiger partial charge in [-0.15, -0.1) is 0 Å². The molecule has 80 valence electrons. The molecule has 0 bridgehead atoms. The van der Waals surface area contributed by atoms with Gasteiger partial charge in [0.1, 0.15) is 0 Å². The van der Waals surface area contributed by atoms with Crippen molar-refractivity contribution in [1.82, 2.24) is 5.32 Å². The highest BCUT2D eigenvalue weighted by Gasteiger charge is 2.29. The maximum Gasteiger partial charge on any atom is 0.223 e. The molecule has 0 heterocycles. The van der Waals surface area contributed by atoms with Gasteiger partial charge in [0.2, 0.25) is 5.91 Å². The highest BCUT2D eigenvalue weighted by atomic mass is 16.3. The number of hydrogen-bond acceptors (Lipinski definition) is 2. The molecule has 1 fully saturated rings. The lowest BCUT2D eigenvalue weighted by Crippen LogP contribution is -2.24. The molecular formula is C12H15NO2. The Morgan fingerprint density at radius 3 is 2.40 bits per heavy atom. The Bertz CT molecular complexity index is 341. The zero-order valence-electron chi connectivity index (χ0n) is 8.57. The van der Waals surface area contributed by atoms with E-state index in [1.807, 2.05) is 24.3 Å². The minimum atomic E-state index is 0.0642. The molecule has 0 saturated heterocycles. The molecule has 1 aliphatic rings. The molecule has 0 aromatic heterocycles. The summed E-state index contributed by atoms with van der Waals surface area (Å²) < 4.78 is 0. The average molecular weight is 205 g/mol. The minimum Gasteiger partial charge on any atom is -0.392 e. The fourth-order valence-electron chi connectivity index (χ4n) is 1.44. The molecule has 1 aromatic carbocycles. The molecule has 0 unspecified atom stereocenters.